The van der Waals surface area contributed by atoms with Gasteiger partial charge in [-0.2, -0.15) is 0 Å². The molecule has 2 nitrogen and oxygen atoms in total. The van der Waals surface area contributed by atoms with Crippen LogP contribution in [0.5, 0.6) is 0 Å². The van der Waals surface area contributed by atoms with Crippen LogP contribution in [0.25, 0.3) is 11.1 Å². The Kier molecular flexibility index (Phi) is 2.53. The second-order valence-electron chi connectivity index (χ2n) is 5.60. The maximum absolute atomic E-state index is 6.09. The second-order valence-corrected chi connectivity index (χ2v) is 5.60. The van der Waals surface area contributed by atoms with E-state index < -0.39 is 5.79 Å². The van der Waals surface area contributed by atoms with Gasteiger partial charge in [0.1, 0.15) is 0 Å². The van der Waals surface area contributed by atoms with Crippen molar-refractivity contribution in [3.63, 3.8) is 0 Å². The summed E-state index contributed by atoms with van der Waals surface area (Å²) in [6, 6.07) is 13.2. The van der Waals surface area contributed by atoms with Gasteiger partial charge in [-0.15, -0.1) is 0 Å². The second kappa shape index (κ2) is 4.18. The highest BCUT2D eigenvalue weighted by Gasteiger charge is 2.48. The summed E-state index contributed by atoms with van der Waals surface area (Å²) < 4.78 is 12.2. The Bertz CT molecular complexity index is 682. The minimum absolute atomic E-state index is 0.656. The third kappa shape index (κ3) is 1.46. The molecule has 0 saturated carbocycles. The topological polar surface area (TPSA) is 18.5 Å². The van der Waals surface area contributed by atoms with Crippen LogP contribution >= 0.6 is 0 Å². The lowest BCUT2D eigenvalue weighted by Crippen LogP contribution is -2.26. The minimum Gasteiger partial charge on any atom is -0.340 e. The zero-order chi connectivity index (χ0) is 13.7. The molecule has 0 atom stereocenters. The summed E-state index contributed by atoms with van der Waals surface area (Å²) in [4.78, 5) is 0. The van der Waals surface area contributed by atoms with Crippen LogP contribution in [0.3, 0.4) is 0 Å². The first-order chi connectivity index (χ1) is 9.74. The van der Waals surface area contributed by atoms with Gasteiger partial charge in [-0.05, 0) is 42.2 Å². The Morgan fingerprint density at radius 2 is 1.60 bits per heavy atom. The first kappa shape index (κ1) is 12.1. The lowest BCUT2D eigenvalue weighted by Gasteiger charge is -2.25. The molecule has 1 spiro atoms. The van der Waals surface area contributed by atoms with Crippen molar-refractivity contribution in [2.75, 3.05) is 13.2 Å². The molecular formula is C18H18O2. The monoisotopic (exact) mass is 266 g/mol. The summed E-state index contributed by atoms with van der Waals surface area (Å²) >= 11 is 0. The Labute approximate surface area is 119 Å². The van der Waals surface area contributed by atoms with Crippen molar-refractivity contribution in [1.82, 2.24) is 0 Å². The minimum atomic E-state index is -0.665. The molecule has 1 aliphatic heterocycles. The van der Waals surface area contributed by atoms with Gasteiger partial charge in [0.25, 0.3) is 0 Å². The molecule has 2 heteroatoms. The number of hydrogen-bond donors (Lipinski definition) is 0. The van der Waals surface area contributed by atoms with Crippen LogP contribution < -0.4 is 0 Å². The zero-order valence-electron chi connectivity index (χ0n) is 11.9. The molecule has 1 aliphatic carbocycles. The van der Waals surface area contributed by atoms with E-state index in [0.717, 1.165) is 6.42 Å². The molecule has 1 fully saturated rings. The van der Waals surface area contributed by atoms with Crippen LogP contribution in [0.4, 0.5) is 0 Å². The van der Waals surface area contributed by atoms with E-state index in [9.17, 15) is 0 Å². The highest BCUT2D eigenvalue weighted by atomic mass is 16.7. The molecule has 2 aromatic carbocycles. The molecule has 0 aromatic heterocycles. The molecule has 2 aromatic rings. The van der Waals surface area contributed by atoms with E-state index >= 15 is 0 Å². The van der Waals surface area contributed by atoms with E-state index in [2.05, 4.69) is 50.2 Å². The summed E-state index contributed by atoms with van der Waals surface area (Å²) in [6.45, 7) is 5.60. The van der Waals surface area contributed by atoms with E-state index in [1.807, 2.05) is 0 Å². The van der Waals surface area contributed by atoms with Gasteiger partial charge in [-0.1, -0.05) is 36.8 Å². The van der Waals surface area contributed by atoms with Crippen LogP contribution in [0.15, 0.2) is 36.4 Å². The van der Waals surface area contributed by atoms with Crippen molar-refractivity contribution in [2.45, 2.75) is 26.1 Å². The fourth-order valence-corrected chi connectivity index (χ4v) is 3.35. The SMILES string of the molecule is CCc1ccc2c(c1)C1(OCCO1)c1cc(C)ccc1-2. The smallest absolute Gasteiger partial charge is 0.223 e. The summed E-state index contributed by atoms with van der Waals surface area (Å²) in [7, 11) is 0. The number of fused-ring (bicyclic) bond motifs is 5. The summed E-state index contributed by atoms with van der Waals surface area (Å²) in [5, 5.41) is 0. The fourth-order valence-electron chi connectivity index (χ4n) is 3.35. The Morgan fingerprint density at radius 1 is 0.950 bits per heavy atom. The number of ether oxygens (including phenoxy) is 2. The van der Waals surface area contributed by atoms with Crippen LogP contribution in [0, 0.1) is 6.92 Å². The van der Waals surface area contributed by atoms with Crippen LogP contribution in [0.2, 0.25) is 0 Å². The Hall–Kier alpha value is -1.64. The maximum Gasteiger partial charge on any atom is 0.223 e. The summed E-state index contributed by atoms with van der Waals surface area (Å²) in [5.41, 5.74) is 7.40. The quantitative estimate of drug-likeness (QED) is 0.782. The van der Waals surface area contributed by atoms with Crippen molar-refractivity contribution in [3.8, 4) is 11.1 Å². The highest BCUT2D eigenvalue weighted by Crippen LogP contribution is 2.52. The zero-order valence-corrected chi connectivity index (χ0v) is 11.9. The third-order valence-electron chi connectivity index (χ3n) is 4.36. The number of aryl methyl sites for hydroxylation is 2. The number of rotatable bonds is 1. The van der Waals surface area contributed by atoms with E-state index in [1.54, 1.807) is 0 Å². The van der Waals surface area contributed by atoms with E-state index in [0.29, 0.717) is 13.2 Å². The fraction of sp³-hybridized carbons (Fsp3) is 0.333. The van der Waals surface area contributed by atoms with Gasteiger partial charge < -0.3 is 9.47 Å². The molecule has 2 aliphatic rings. The van der Waals surface area contributed by atoms with Gasteiger partial charge >= 0.3 is 0 Å². The molecule has 102 valence electrons. The average molecular weight is 266 g/mol. The Morgan fingerprint density at radius 3 is 2.30 bits per heavy atom. The molecule has 20 heavy (non-hydrogen) atoms. The van der Waals surface area contributed by atoms with Crippen molar-refractivity contribution in [1.29, 1.82) is 0 Å². The standard InChI is InChI=1S/C18H18O2/c1-3-13-5-7-15-14-6-4-12(2)10-16(14)18(17(15)11-13)19-8-9-20-18/h4-7,10-11H,3,8-9H2,1-2H3. The number of benzene rings is 2. The number of hydrogen-bond acceptors (Lipinski definition) is 2. The Balaban J connectivity index is 2.03. The predicted octanol–water partition coefficient (Wildman–Crippen LogP) is 3.79. The molecule has 0 bridgehead atoms. The maximum atomic E-state index is 6.09. The van der Waals surface area contributed by atoms with Crippen molar-refractivity contribution in [2.24, 2.45) is 0 Å². The summed E-state index contributed by atoms with van der Waals surface area (Å²) in [5.74, 6) is -0.665. The average Bonchev–Trinajstić information content (AvgIpc) is 3.05. The molecular weight excluding hydrogens is 248 g/mol. The first-order valence-corrected chi connectivity index (χ1v) is 7.27. The van der Waals surface area contributed by atoms with E-state index in [-0.39, 0.29) is 0 Å². The van der Waals surface area contributed by atoms with Crippen LogP contribution in [-0.4, -0.2) is 13.2 Å². The molecule has 4 rings (SSSR count). The normalized spacial score (nSPS) is 18.3. The lowest BCUT2D eigenvalue weighted by molar-refractivity contribution is -0.126. The van der Waals surface area contributed by atoms with Gasteiger partial charge in [0.05, 0.1) is 13.2 Å². The van der Waals surface area contributed by atoms with E-state index in [1.165, 1.54) is 33.4 Å². The molecule has 0 radical (unpaired) electrons. The molecule has 0 unspecified atom stereocenters. The van der Waals surface area contributed by atoms with Gasteiger partial charge in [-0.25, -0.2) is 0 Å². The van der Waals surface area contributed by atoms with Gasteiger partial charge in [0, 0.05) is 11.1 Å². The van der Waals surface area contributed by atoms with Crippen LogP contribution in [0.1, 0.15) is 29.2 Å². The van der Waals surface area contributed by atoms with Crippen molar-refractivity contribution >= 4 is 0 Å². The molecule has 0 N–H and O–H groups in total. The molecule has 0 amide bonds. The van der Waals surface area contributed by atoms with Crippen molar-refractivity contribution in [3.05, 3.63) is 58.7 Å². The van der Waals surface area contributed by atoms with Gasteiger partial charge in [0.2, 0.25) is 5.79 Å². The largest absolute Gasteiger partial charge is 0.340 e. The highest BCUT2D eigenvalue weighted by molar-refractivity contribution is 5.80. The first-order valence-electron chi connectivity index (χ1n) is 7.27. The van der Waals surface area contributed by atoms with Crippen LogP contribution in [-0.2, 0) is 21.7 Å². The van der Waals surface area contributed by atoms with Gasteiger partial charge in [0.15, 0.2) is 0 Å². The predicted molar refractivity (Wildman–Crippen MR) is 78.7 cm³/mol. The molecule has 1 saturated heterocycles. The van der Waals surface area contributed by atoms with Gasteiger partial charge in [-0.3, -0.25) is 0 Å². The van der Waals surface area contributed by atoms with E-state index in [4.69, 9.17) is 9.47 Å². The molecule has 1 heterocycles. The summed E-state index contributed by atoms with van der Waals surface area (Å²) in [6.07, 6.45) is 1.03. The third-order valence-corrected chi connectivity index (χ3v) is 4.36. The van der Waals surface area contributed by atoms with Crippen molar-refractivity contribution < 1.29 is 9.47 Å². The lowest BCUT2D eigenvalue weighted by atomic mass is 10.00.